The maximum Gasteiger partial charge on any atom is 0.245 e. The van der Waals surface area contributed by atoms with Gasteiger partial charge in [-0.05, 0) is 44.5 Å². The second-order valence-corrected chi connectivity index (χ2v) is 13.4. The fraction of sp³-hybridized carbons (Fsp3) is 0.351. The van der Waals surface area contributed by atoms with E-state index in [-0.39, 0.29) is 55.2 Å². The molecular formula is C37H35F3N12O2. The summed E-state index contributed by atoms with van der Waals surface area (Å²) in [5.41, 5.74) is 2.41. The van der Waals surface area contributed by atoms with Gasteiger partial charge in [0.25, 0.3) is 0 Å². The number of aryl methyl sites for hydroxylation is 2. The van der Waals surface area contributed by atoms with Gasteiger partial charge in [-0.3, -0.25) is 4.79 Å². The van der Waals surface area contributed by atoms with Crippen molar-refractivity contribution in [3.05, 3.63) is 77.9 Å². The number of amides is 1. The molecule has 8 rings (SSSR count). The predicted octanol–water partition coefficient (Wildman–Crippen LogP) is 4.74. The number of halogens is 3. The number of benzene rings is 2. The molecule has 1 saturated heterocycles. The lowest BCUT2D eigenvalue weighted by atomic mass is 10.1. The number of hydrogen-bond donors (Lipinski definition) is 1. The van der Waals surface area contributed by atoms with Crippen molar-refractivity contribution in [2.24, 2.45) is 0 Å². The van der Waals surface area contributed by atoms with Crippen molar-refractivity contribution in [2.75, 3.05) is 37.0 Å². The molecule has 1 N–H and O–H groups in total. The van der Waals surface area contributed by atoms with Gasteiger partial charge in [-0.2, -0.15) is 10.4 Å². The van der Waals surface area contributed by atoms with Crippen molar-refractivity contribution in [1.82, 2.24) is 44.2 Å². The van der Waals surface area contributed by atoms with Gasteiger partial charge in [0.15, 0.2) is 11.5 Å². The predicted molar refractivity (Wildman–Crippen MR) is 192 cm³/mol. The van der Waals surface area contributed by atoms with Crippen LogP contribution < -0.4 is 10.2 Å². The van der Waals surface area contributed by atoms with E-state index in [1.165, 1.54) is 29.1 Å². The molecule has 1 fully saturated rings. The molecule has 276 valence electrons. The Morgan fingerprint density at radius 3 is 2.69 bits per heavy atom. The summed E-state index contributed by atoms with van der Waals surface area (Å²) in [6, 6.07) is 8.70. The Morgan fingerprint density at radius 1 is 1.04 bits per heavy atom. The van der Waals surface area contributed by atoms with Crippen LogP contribution in [0.4, 0.5) is 24.9 Å². The van der Waals surface area contributed by atoms with Gasteiger partial charge in [-0.1, -0.05) is 0 Å². The van der Waals surface area contributed by atoms with E-state index in [9.17, 15) is 14.4 Å². The van der Waals surface area contributed by atoms with Gasteiger partial charge in [-0.25, -0.2) is 42.8 Å². The van der Waals surface area contributed by atoms with E-state index < -0.39 is 29.6 Å². The number of hydrogen-bond acceptors (Lipinski definition) is 11. The molecule has 0 saturated carbocycles. The first kappa shape index (κ1) is 34.9. The topological polar surface area (TPSA) is 156 Å². The summed E-state index contributed by atoms with van der Waals surface area (Å²) in [7, 11) is 1.72. The second kappa shape index (κ2) is 14.0. The normalized spacial score (nSPS) is 18.8. The van der Waals surface area contributed by atoms with Gasteiger partial charge in [0, 0.05) is 69.5 Å². The largest absolute Gasteiger partial charge is 0.375 e. The molecule has 2 aromatic carbocycles. The van der Waals surface area contributed by atoms with Crippen molar-refractivity contribution in [1.29, 1.82) is 5.26 Å². The highest BCUT2D eigenvalue weighted by atomic mass is 19.1. The molecule has 6 heterocycles. The zero-order valence-electron chi connectivity index (χ0n) is 29.7. The molecule has 3 atom stereocenters. The first-order valence-corrected chi connectivity index (χ1v) is 17.6. The molecule has 2 aliphatic heterocycles. The lowest BCUT2D eigenvalue weighted by Gasteiger charge is -2.31. The number of likely N-dealkylation sites (N-methyl/N-ethyl adjacent to an activating group) is 1. The quantitative estimate of drug-likeness (QED) is 0.252. The van der Waals surface area contributed by atoms with Gasteiger partial charge in [-0.15, -0.1) is 0 Å². The first-order valence-electron chi connectivity index (χ1n) is 17.6. The summed E-state index contributed by atoms with van der Waals surface area (Å²) in [4.78, 5) is 41.6. The zero-order chi connectivity index (χ0) is 37.7. The number of carbonyl (C=O) groups is 1. The highest BCUT2D eigenvalue weighted by Gasteiger charge is 2.41. The lowest BCUT2D eigenvalue weighted by molar-refractivity contribution is -0.133. The third-order valence-corrected chi connectivity index (χ3v) is 9.82. The third kappa shape index (κ3) is 6.31. The van der Waals surface area contributed by atoms with Gasteiger partial charge < -0.3 is 24.4 Å². The highest BCUT2D eigenvalue weighted by Crippen LogP contribution is 2.35. The summed E-state index contributed by atoms with van der Waals surface area (Å²) < 4.78 is 53.4. The molecule has 54 heavy (non-hydrogen) atoms. The number of ether oxygens (including phenoxy) is 1. The fourth-order valence-electron chi connectivity index (χ4n) is 7.46. The van der Waals surface area contributed by atoms with Crippen LogP contribution in [-0.4, -0.2) is 95.0 Å². The van der Waals surface area contributed by atoms with E-state index >= 15 is 8.78 Å². The van der Waals surface area contributed by atoms with Crippen LogP contribution in [0.1, 0.15) is 31.4 Å². The smallest absolute Gasteiger partial charge is 0.245 e. The maximum atomic E-state index is 15.1. The first-order chi connectivity index (χ1) is 26.1. The van der Waals surface area contributed by atoms with Crippen LogP contribution in [0.5, 0.6) is 0 Å². The molecule has 0 unspecified atom stereocenters. The lowest BCUT2D eigenvalue weighted by Crippen LogP contribution is -2.47. The van der Waals surface area contributed by atoms with E-state index in [1.54, 1.807) is 24.2 Å². The van der Waals surface area contributed by atoms with Crippen LogP contribution in [0.25, 0.3) is 39.0 Å². The molecule has 0 spiro atoms. The monoisotopic (exact) mass is 736 g/mol. The molecular weight excluding hydrogens is 701 g/mol. The van der Waals surface area contributed by atoms with Crippen molar-refractivity contribution < 1.29 is 22.7 Å². The van der Waals surface area contributed by atoms with Crippen molar-refractivity contribution in [2.45, 2.75) is 57.8 Å². The molecule has 1 amide bonds. The Hall–Kier alpha value is -6.15. The molecule has 4 bridgehead atoms. The number of nitrogens with zero attached hydrogens (tertiary/aromatic N) is 11. The van der Waals surface area contributed by atoms with Crippen LogP contribution in [0.3, 0.4) is 0 Å². The van der Waals surface area contributed by atoms with Crippen LogP contribution in [0, 0.1) is 35.7 Å². The van der Waals surface area contributed by atoms with E-state index in [0.717, 1.165) is 12.1 Å². The van der Waals surface area contributed by atoms with E-state index in [0.29, 0.717) is 64.7 Å². The number of nitriles is 1. The fourth-order valence-corrected chi connectivity index (χ4v) is 7.46. The van der Waals surface area contributed by atoms with Crippen molar-refractivity contribution in [3.8, 4) is 23.0 Å². The zero-order valence-corrected chi connectivity index (χ0v) is 29.7. The van der Waals surface area contributed by atoms with Crippen LogP contribution in [-0.2, 0) is 22.5 Å². The minimum absolute atomic E-state index is 0.0251. The number of carbonyl (C=O) groups excluding carboxylic acids is 1. The summed E-state index contributed by atoms with van der Waals surface area (Å²) in [5, 5.41) is 17.6. The minimum Gasteiger partial charge on any atom is -0.375 e. The number of aromatic nitrogens is 8. The number of nitrogens with one attached hydrogen (secondary N) is 1. The Balaban J connectivity index is 1.26. The van der Waals surface area contributed by atoms with Crippen molar-refractivity contribution >= 4 is 39.7 Å². The summed E-state index contributed by atoms with van der Waals surface area (Å²) in [6.45, 7) is 4.94. The standard InChI is InChI=1S/C37H35F3N12O2/c1-4-54-24-18-49(3)36(53)31-15-23(45-37-42-11-9-28(46-37)25-12-22(39)14-29-33(25)50(19-24)20(2)44-29)17-51(31)34-26-16-43-52(30-8-7-21(38)13-27(30)40)35(26)48-32(47-34)6-5-10-41/h7-9,11-14,16,23-24,31H,4-6,15,17-19H2,1-3H3,(H,42,45,46)/t23-,24-,31-/m0/s1. The Morgan fingerprint density at radius 2 is 1.89 bits per heavy atom. The van der Waals surface area contributed by atoms with Crippen LogP contribution in [0.2, 0.25) is 0 Å². The summed E-state index contributed by atoms with van der Waals surface area (Å²) >= 11 is 0. The molecule has 0 aliphatic carbocycles. The molecule has 2 aliphatic rings. The van der Waals surface area contributed by atoms with Gasteiger partial charge >= 0.3 is 0 Å². The summed E-state index contributed by atoms with van der Waals surface area (Å²) in [5.74, 6) is -0.638. The average molecular weight is 737 g/mol. The van der Waals surface area contributed by atoms with Crippen molar-refractivity contribution in [3.63, 3.8) is 0 Å². The van der Waals surface area contributed by atoms with Gasteiger partial charge in [0.2, 0.25) is 11.9 Å². The van der Waals surface area contributed by atoms with Crippen LogP contribution in [0.15, 0.2) is 48.8 Å². The number of fused-ring (bicyclic) bond motifs is 6. The third-order valence-electron chi connectivity index (χ3n) is 9.82. The van der Waals surface area contributed by atoms with Crippen LogP contribution >= 0.6 is 0 Å². The maximum absolute atomic E-state index is 15.1. The SMILES string of the molecule is CCO[C@H]1CN(C)C(=O)[C@@H]2C[C@@H](CN2c2nc(CCC#N)nc3c2cnn3-c2ccc(F)cc2F)Nc2nccc(n2)-c2cc(F)cc3nc(C)n(c23)C1. The molecule has 0 radical (unpaired) electrons. The average Bonchev–Trinajstić information content (AvgIpc) is 3.84. The Kier molecular flexibility index (Phi) is 9.06. The van der Waals surface area contributed by atoms with E-state index in [2.05, 4.69) is 31.4 Å². The van der Waals surface area contributed by atoms with Gasteiger partial charge in [0.05, 0.1) is 47.0 Å². The molecule has 14 nitrogen and oxygen atoms in total. The number of rotatable bonds is 6. The van der Waals surface area contributed by atoms with Gasteiger partial charge in [0.1, 0.15) is 40.8 Å². The molecule has 6 aromatic rings. The summed E-state index contributed by atoms with van der Waals surface area (Å²) in [6.07, 6.45) is 3.24. The van der Waals surface area contributed by atoms with E-state index in [1.807, 2.05) is 23.3 Å². The molecule has 4 aromatic heterocycles. The minimum atomic E-state index is -0.838. The Labute approximate surface area is 307 Å². The Bertz CT molecular complexity index is 2460. The number of anilines is 2. The second-order valence-electron chi connectivity index (χ2n) is 13.4. The highest BCUT2D eigenvalue weighted by molar-refractivity contribution is 5.94. The number of imidazole rings is 1. The van der Waals surface area contributed by atoms with E-state index in [4.69, 9.17) is 14.7 Å². The molecule has 17 heteroatoms.